The minimum absolute atomic E-state index is 0.0147. The second-order valence-electron chi connectivity index (χ2n) is 9.92. The van der Waals surface area contributed by atoms with Gasteiger partial charge in [-0.3, -0.25) is 9.69 Å². The summed E-state index contributed by atoms with van der Waals surface area (Å²) in [5.41, 5.74) is 1.34. The fourth-order valence-electron chi connectivity index (χ4n) is 4.91. The molecule has 0 aliphatic carbocycles. The number of aryl methyl sites for hydroxylation is 1. The van der Waals surface area contributed by atoms with Crippen molar-refractivity contribution in [3.05, 3.63) is 35.2 Å². The Morgan fingerprint density at radius 2 is 2.03 bits per heavy atom. The maximum atomic E-state index is 12.3. The molecule has 0 saturated carbocycles. The summed E-state index contributed by atoms with van der Waals surface area (Å²) in [4.78, 5) is 21.5. The molecule has 198 valence electrons. The van der Waals surface area contributed by atoms with Gasteiger partial charge < -0.3 is 29.7 Å². The van der Waals surface area contributed by atoms with E-state index in [1.165, 1.54) is 12.8 Å². The van der Waals surface area contributed by atoms with Crippen LogP contribution in [-0.2, 0) is 6.54 Å². The second kappa shape index (κ2) is 13.0. The molecule has 2 aliphatic heterocycles. The molecule has 0 unspecified atom stereocenters. The molecule has 0 spiro atoms. The lowest BCUT2D eigenvalue weighted by Gasteiger charge is -2.30. The van der Waals surface area contributed by atoms with Crippen LogP contribution in [-0.4, -0.2) is 83.2 Å². The number of likely N-dealkylation sites (tertiary alicyclic amines) is 1. The van der Waals surface area contributed by atoms with E-state index >= 15 is 0 Å². The molecule has 3 heterocycles. The van der Waals surface area contributed by atoms with E-state index in [4.69, 9.17) is 14.4 Å². The molecule has 1 aromatic carbocycles. The lowest BCUT2D eigenvalue weighted by Crippen LogP contribution is -2.34. The Morgan fingerprint density at radius 1 is 1.25 bits per heavy atom. The fourth-order valence-corrected chi connectivity index (χ4v) is 4.91. The molecule has 1 atom stereocenters. The maximum Gasteiger partial charge on any atom is 0.266 e. The lowest BCUT2D eigenvalue weighted by atomic mass is 9.92. The first-order valence-electron chi connectivity index (χ1n) is 13.1. The number of aliphatic hydroxyl groups excluding tert-OH is 2. The molecule has 2 fully saturated rings. The summed E-state index contributed by atoms with van der Waals surface area (Å²) >= 11 is 0. The summed E-state index contributed by atoms with van der Waals surface area (Å²) in [5.74, 6) is 2.58. The molecule has 10 heteroatoms. The summed E-state index contributed by atoms with van der Waals surface area (Å²) < 4.78 is 11.4. The first kappa shape index (κ1) is 26.4. The Labute approximate surface area is 212 Å². The van der Waals surface area contributed by atoms with Gasteiger partial charge >= 0.3 is 0 Å². The monoisotopic (exact) mass is 501 g/mol. The molecule has 1 amide bonds. The third-order valence-corrected chi connectivity index (χ3v) is 7.09. The third kappa shape index (κ3) is 7.41. The van der Waals surface area contributed by atoms with Gasteiger partial charge in [0, 0.05) is 25.2 Å². The molecule has 3 N–H and O–H groups in total. The van der Waals surface area contributed by atoms with Gasteiger partial charge in [-0.25, -0.2) is 0 Å². The molecule has 0 bridgehead atoms. The van der Waals surface area contributed by atoms with Crippen molar-refractivity contribution in [3.8, 4) is 5.75 Å². The first-order chi connectivity index (χ1) is 17.5. The van der Waals surface area contributed by atoms with Crippen LogP contribution in [0.1, 0.15) is 60.3 Å². The zero-order valence-corrected chi connectivity index (χ0v) is 21.2. The lowest BCUT2D eigenvalue weighted by molar-refractivity contribution is 0.0801. The zero-order chi connectivity index (χ0) is 25.3. The van der Waals surface area contributed by atoms with Gasteiger partial charge in [-0.1, -0.05) is 0 Å². The fraction of sp³-hybridized carbons (Fsp3) is 0.654. The first-order valence-corrected chi connectivity index (χ1v) is 13.1. The van der Waals surface area contributed by atoms with Crippen LogP contribution in [0.4, 0.5) is 5.95 Å². The highest BCUT2D eigenvalue weighted by Crippen LogP contribution is 2.25. The molecular formula is C26H39N5O5. The number of carbonyl (C=O) groups excluding carboxylic acids is 1. The molecule has 2 aromatic rings. The van der Waals surface area contributed by atoms with Crippen molar-refractivity contribution < 1.29 is 24.3 Å². The minimum Gasteiger partial charge on any atom is -0.494 e. The molecule has 2 aliphatic rings. The predicted molar refractivity (Wildman–Crippen MR) is 135 cm³/mol. The third-order valence-electron chi connectivity index (χ3n) is 7.09. The molecule has 1 aromatic heterocycles. The van der Waals surface area contributed by atoms with E-state index in [0.717, 1.165) is 81.6 Å². The summed E-state index contributed by atoms with van der Waals surface area (Å²) in [6, 6.07) is 5.39. The number of ether oxygens (including phenoxy) is 1. The smallest absolute Gasteiger partial charge is 0.266 e. The number of anilines is 1. The number of benzene rings is 1. The highest BCUT2D eigenvalue weighted by molar-refractivity contribution is 5.95. The highest BCUT2D eigenvalue weighted by Gasteiger charge is 2.23. The van der Waals surface area contributed by atoms with Crippen molar-refractivity contribution >= 4 is 11.9 Å². The van der Waals surface area contributed by atoms with Gasteiger partial charge in [0.2, 0.25) is 5.89 Å². The number of aromatic nitrogens is 2. The van der Waals surface area contributed by atoms with E-state index in [2.05, 4.69) is 25.3 Å². The van der Waals surface area contributed by atoms with Crippen LogP contribution in [0.5, 0.6) is 5.75 Å². The number of piperidine rings is 1. The van der Waals surface area contributed by atoms with Crippen molar-refractivity contribution in [2.75, 3.05) is 50.8 Å². The van der Waals surface area contributed by atoms with Crippen LogP contribution >= 0.6 is 0 Å². The minimum atomic E-state index is -0.958. The second-order valence-corrected chi connectivity index (χ2v) is 9.92. The van der Waals surface area contributed by atoms with Crippen LogP contribution in [0, 0.1) is 12.8 Å². The van der Waals surface area contributed by atoms with E-state index in [1.54, 1.807) is 12.1 Å². The van der Waals surface area contributed by atoms with Crippen LogP contribution in [0.15, 0.2) is 22.7 Å². The van der Waals surface area contributed by atoms with Crippen molar-refractivity contribution in [2.24, 2.45) is 5.92 Å². The largest absolute Gasteiger partial charge is 0.494 e. The van der Waals surface area contributed by atoms with E-state index in [-0.39, 0.29) is 19.1 Å². The highest BCUT2D eigenvalue weighted by atomic mass is 16.5. The molecule has 0 radical (unpaired) electrons. The van der Waals surface area contributed by atoms with E-state index in [0.29, 0.717) is 18.1 Å². The van der Waals surface area contributed by atoms with E-state index in [9.17, 15) is 9.90 Å². The number of carbonyl (C=O) groups is 1. The number of nitrogens with one attached hydrogen (secondary N) is 1. The molecule has 2 saturated heterocycles. The van der Waals surface area contributed by atoms with Crippen LogP contribution < -0.4 is 15.0 Å². The number of amides is 1. The van der Waals surface area contributed by atoms with E-state index < -0.39 is 6.10 Å². The topological polar surface area (TPSA) is 124 Å². The SMILES string of the molecule is Cc1cc(OCCCC2CCN(c3noc(CN4CCCC4)n3)CC2)ccc1C(=O)NC[C@H](O)CO. The Morgan fingerprint density at radius 3 is 2.75 bits per heavy atom. The van der Waals surface area contributed by atoms with Crippen LogP contribution in [0.3, 0.4) is 0 Å². The summed E-state index contributed by atoms with van der Waals surface area (Å²) in [6.45, 7) is 7.02. The van der Waals surface area contributed by atoms with Crippen molar-refractivity contribution in [1.29, 1.82) is 0 Å². The Bertz CT molecular complexity index is 969. The van der Waals surface area contributed by atoms with Crippen LogP contribution in [0.2, 0.25) is 0 Å². The van der Waals surface area contributed by atoms with Gasteiger partial charge in [-0.15, -0.1) is 0 Å². The normalized spacial score (nSPS) is 17.9. The Hall–Kier alpha value is -2.69. The molecule has 4 rings (SSSR count). The van der Waals surface area contributed by atoms with Gasteiger partial charge in [0.1, 0.15) is 5.75 Å². The van der Waals surface area contributed by atoms with Gasteiger partial charge in [0.25, 0.3) is 11.9 Å². The number of aliphatic hydroxyl groups is 2. The van der Waals surface area contributed by atoms with Crippen molar-refractivity contribution in [3.63, 3.8) is 0 Å². The number of hydrogen-bond acceptors (Lipinski definition) is 9. The number of rotatable bonds is 12. The van der Waals surface area contributed by atoms with Gasteiger partial charge in [0.05, 0.1) is 25.9 Å². The average molecular weight is 502 g/mol. The van der Waals surface area contributed by atoms with Crippen molar-refractivity contribution in [1.82, 2.24) is 20.4 Å². The average Bonchev–Trinajstić information content (AvgIpc) is 3.58. The summed E-state index contributed by atoms with van der Waals surface area (Å²) in [6.07, 6.45) is 5.88. The quantitative estimate of drug-likeness (QED) is 0.375. The van der Waals surface area contributed by atoms with Crippen LogP contribution in [0.25, 0.3) is 0 Å². The Kier molecular flexibility index (Phi) is 9.54. The molecule has 36 heavy (non-hydrogen) atoms. The summed E-state index contributed by atoms with van der Waals surface area (Å²) in [5, 5.41) is 25.1. The number of nitrogens with zero attached hydrogens (tertiary/aromatic N) is 4. The van der Waals surface area contributed by atoms with Crippen molar-refractivity contribution in [2.45, 2.75) is 58.1 Å². The molecule has 10 nitrogen and oxygen atoms in total. The maximum absolute atomic E-state index is 12.3. The summed E-state index contributed by atoms with van der Waals surface area (Å²) in [7, 11) is 0. The van der Waals surface area contributed by atoms with Gasteiger partial charge in [-0.2, -0.15) is 4.98 Å². The standard InChI is InChI=1S/C26H39N5O5/c1-19-15-22(6-7-23(19)25(34)27-16-21(33)18-32)35-14-4-5-20-8-12-31(13-9-20)26-28-24(36-29-26)17-30-10-2-3-11-30/h6-7,15,20-21,32-33H,2-5,8-14,16-18H2,1H3,(H,27,34)/t21-/m0/s1. The predicted octanol–water partition coefficient (Wildman–Crippen LogP) is 2.13. The van der Waals surface area contributed by atoms with E-state index in [1.807, 2.05) is 13.0 Å². The van der Waals surface area contributed by atoms with Gasteiger partial charge in [-0.05, 0) is 93.4 Å². The zero-order valence-electron chi connectivity index (χ0n) is 21.2. The van der Waals surface area contributed by atoms with Gasteiger partial charge in [0.15, 0.2) is 0 Å². The Balaban J connectivity index is 1.13. The molecular weight excluding hydrogens is 462 g/mol. The number of hydrogen-bond donors (Lipinski definition) is 3.